The first-order valence-electron chi connectivity index (χ1n) is 5.22. The van der Waals surface area contributed by atoms with Crippen LogP contribution in [0.3, 0.4) is 0 Å². The lowest BCUT2D eigenvalue weighted by atomic mass is 10.5. The second-order valence-corrected chi connectivity index (χ2v) is 4.34. The summed E-state index contributed by atoms with van der Waals surface area (Å²) in [6.45, 7) is 5.10. The van der Waals surface area contributed by atoms with E-state index in [1.165, 1.54) is 0 Å². The average molecular weight is 247 g/mol. The van der Waals surface area contributed by atoms with Crippen molar-refractivity contribution in [2.24, 2.45) is 0 Å². The predicted molar refractivity (Wildman–Crippen MR) is 62.2 cm³/mol. The van der Waals surface area contributed by atoms with E-state index in [0.29, 0.717) is 19.3 Å². The summed E-state index contributed by atoms with van der Waals surface area (Å²) >= 11 is 0. The Morgan fingerprint density at radius 2 is 1.00 bits per heavy atom. The second kappa shape index (κ2) is 8.05. The van der Waals surface area contributed by atoms with Gasteiger partial charge in [0.05, 0.1) is 0 Å². The minimum atomic E-state index is -1.49. The molecule has 0 aliphatic heterocycles. The van der Waals surface area contributed by atoms with Crippen molar-refractivity contribution in [2.45, 2.75) is 40.0 Å². The molecule has 0 spiro atoms. The molecule has 0 saturated carbocycles. The molecule has 7 heteroatoms. The molecule has 0 atom stereocenters. The second-order valence-electron chi connectivity index (χ2n) is 3.00. The quantitative estimate of drug-likeness (QED) is 0.606. The van der Waals surface area contributed by atoms with Gasteiger partial charge >= 0.3 is 0 Å². The molecule has 92 valence electrons. The lowest BCUT2D eigenvalue weighted by Gasteiger charge is -2.19. The standard InChI is InChI=1S/C9H18N3O3P/c1-4-7(13)10-16(11-8(14)5-2)12-9(15)6-3/h4-6H2,1-3H3,(H,10,13)(H,11,14)(H,12,15). The third-order valence-corrected chi connectivity index (χ3v) is 3.09. The lowest BCUT2D eigenvalue weighted by Crippen LogP contribution is -2.36. The Labute approximate surface area is 96.5 Å². The Morgan fingerprint density at radius 3 is 1.19 bits per heavy atom. The maximum atomic E-state index is 11.2. The van der Waals surface area contributed by atoms with Crippen LogP contribution in [0, 0.1) is 0 Å². The average Bonchev–Trinajstić information content (AvgIpc) is 2.28. The van der Waals surface area contributed by atoms with Crippen LogP contribution in [0.4, 0.5) is 0 Å². The molecule has 3 N–H and O–H groups in total. The molecule has 3 amide bonds. The fourth-order valence-electron chi connectivity index (χ4n) is 0.695. The molecular formula is C9H18N3O3P. The summed E-state index contributed by atoms with van der Waals surface area (Å²) in [6, 6.07) is 0. The summed E-state index contributed by atoms with van der Waals surface area (Å²) in [6.07, 6.45) is 0.925. The third-order valence-electron chi connectivity index (χ3n) is 1.67. The van der Waals surface area contributed by atoms with E-state index >= 15 is 0 Å². The van der Waals surface area contributed by atoms with E-state index in [1.54, 1.807) is 20.8 Å². The highest BCUT2D eigenvalue weighted by atomic mass is 31.1. The molecule has 0 saturated heterocycles. The van der Waals surface area contributed by atoms with Crippen molar-refractivity contribution in [2.75, 3.05) is 0 Å². The van der Waals surface area contributed by atoms with Crippen molar-refractivity contribution in [3.8, 4) is 0 Å². The number of carbonyl (C=O) groups is 3. The number of rotatable bonds is 6. The Kier molecular flexibility index (Phi) is 7.46. The van der Waals surface area contributed by atoms with Crippen LogP contribution >= 0.6 is 8.37 Å². The van der Waals surface area contributed by atoms with Crippen LogP contribution < -0.4 is 15.3 Å². The molecule has 0 bridgehead atoms. The van der Waals surface area contributed by atoms with Gasteiger partial charge < -0.3 is 15.3 Å². The minimum absolute atomic E-state index is 0.209. The number of hydrogen-bond donors (Lipinski definition) is 3. The highest BCUT2D eigenvalue weighted by Gasteiger charge is 2.15. The summed E-state index contributed by atoms with van der Waals surface area (Å²) in [5, 5.41) is 7.68. The molecule has 0 fully saturated rings. The number of hydrogen-bond acceptors (Lipinski definition) is 3. The zero-order valence-corrected chi connectivity index (χ0v) is 10.7. The SMILES string of the molecule is CCC(=O)NP(NC(=O)CC)NC(=O)CC. The summed E-state index contributed by atoms with van der Waals surface area (Å²) in [5.41, 5.74) is 0. The topological polar surface area (TPSA) is 87.3 Å². The molecule has 0 aliphatic carbocycles. The van der Waals surface area contributed by atoms with Crippen molar-refractivity contribution in [1.82, 2.24) is 15.3 Å². The molecule has 0 heterocycles. The monoisotopic (exact) mass is 247 g/mol. The van der Waals surface area contributed by atoms with E-state index in [1.807, 2.05) is 0 Å². The Hall–Kier alpha value is -1.16. The van der Waals surface area contributed by atoms with Gasteiger partial charge in [0.15, 0.2) is 0 Å². The Bertz CT molecular complexity index is 228. The van der Waals surface area contributed by atoms with Crippen LogP contribution in [-0.4, -0.2) is 17.7 Å². The molecule has 0 rings (SSSR count). The number of nitrogens with one attached hydrogen (secondary N) is 3. The molecule has 6 nitrogen and oxygen atoms in total. The van der Waals surface area contributed by atoms with Gasteiger partial charge in [-0.3, -0.25) is 14.4 Å². The summed E-state index contributed by atoms with van der Waals surface area (Å²) in [4.78, 5) is 33.5. The van der Waals surface area contributed by atoms with E-state index in [-0.39, 0.29) is 17.7 Å². The van der Waals surface area contributed by atoms with Gasteiger partial charge in [0.1, 0.15) is 0 Å². The maximum absolute atomic E-state index is 11.2. The predicted octanol–water partition coefficient (Wildman–Crippen LogP) is 0.792. The van der Waals surface area contributed by atoms with Gasteiger partial charge in [0, 0.05) is 19.3 Å². The van der Waals surface area contributed by atoms with Crippen molar-refractivity contribution in [3.63, 3.8) is 0 Å². The van der Waals surface area contributed by atoms with Crippen LogP contribution in [0.2, 0.25) is 0 Å². The molecule has 0 aromatic rings. The highest BCUT2D eigenvalue weighted by molar-refractivity contribution is 7.53. The zero-order valence-electron chi connectivity index (χ0n) is 9.79. The van der Waals surface area contributed by atoms with Crippen LogP contribution in [0.1, 0.15) is 40.0 Å². The maximum Gasteiger partial charge on any atom is 0.225 e. The first-order valence-corrected chi connectivity index (χ1v) is 6.56. The smallest absolute Gasteiger partial charge is 0.225 e. The fraction of sp³-hybridized carbons (Fsp3) is 0.667. The van der Waals surface area contributed by atoms with Crippen LogP contribution in [0.5, 0.6) is 0 Å². The Morgan fingerprint density at radius 1 is 0.750 bits per heavy atom. The molecule has 0 unspecified atom stereocenters. The lowest BCUT2D eigenvalue weighted by molar-refractivity contribution is -0.119. The van der Waals surface area contributed by atoms with Gasteiger partial charge in [-0.05, 0) is 0 Å². The van der Waals surface area contributed by atoms with Gasteiger partial charge in [-0.15, -0.1) is 0 Å². The van der Waals surface area contributed by atoms with Gasteiger partial charge in [0.2, 0.25) is 26.1 Å². The van der Waals surface area contributed by atoms with Crippen LogP contribution in [0.15, 0.2) is 0 Å². The van der Waals surface area contributed by atoms with Gasteiger partial charge in [-0.2, -0.15) is 0 Å². The van der Waals surface area contributed by atoms with Gasteiger partial charge in [-0.25, -0.2) is 0 Å². The summed E-state index contributed by atoms with van der Waals surface area (Å²) in [5.74, 6) is -0.628. The van der Waals surface area contributed by atoms with Gasteiger partial charge in [-0.1, -0.05) is 20.8 Å². The number of amides is 3. The highest BCUT2D eigenvalue weighted by Crippen LogP contribution is 2.19. The molecule has 0 aliphatic rings. The Balaban J connectivity index is 4.31. The van der Waals surface area contributed by atoms with E-state index in [9.17, 15) is 14.4 Å². The van der Waals surface area contributed by atoms with Crippen molar-refractivity contribution >= 4 is 26.1 Å². The zero-order chi connectivity index (χ0) is 12.6. The molecular weight excluding hydrogens is 229 g/mol. The van der Waals surface area contributed by atoms with E-state index in [4.69, 9.17) is 0 Å². The third kappa shape index (κ3) is 6.35. The first-order chi connectivity index (χ1) is 7.53. The summed E-state index contributed by atoms with van der Waals surface area (Å²) < 4.78 is 0. The molecule has 0 aromatic heterocycles. The fourth-order valence-corrected chi connectivity index (χ4v) is 2.09. The van der Waals surface area contributed by atoms with Crippen LogP contribution in [-0.2, 0) is 14.4 Å². The minimum Gasteiger partial charge on any atom is -0.301 e. The number of carbonyl (C=O) groups excluding carboxylic acids is 3. The molecule has 0 aromatic carbocycles. The molecule has 0 radical (unpaired) electrons. The van der Waals surface area contributed by atoms with E-state index < -0.39 is 8.37 Å². The summed E-state index contributed by atoms with van der Waals surface area (Å²) in [7, 11) is -1.49. The normalized spacial score (nSPS) is 9.75. The van der Waals surface area contributed by atoms with E-state index in [2.05, 4.69) is 15.3 Å². The largest absolute Gasteiger partial charge is 0.301 e. The van der Waals surface area contributed by atoms with Crippen LogP contribution in [0.25, 0.3) is 0 Å². The molecule has 16 heavy (non-hydrogen) atoms. The van der Waals surface area contributed by atoms with Gasteiger partial charge in [0.25, 0.3) is 0 Å². The first kappa shape index (κ1) is 14.8. The van der Waals surface area contributed by atoms with Crippen molar-refractivity contribution in [1.29, 1.82) is 0 Å². The van der Waals surface area contributed by atoms with Crippen molar-refractivity contribution in [3.05, 3.63) is 0 Å². The van der Waals surface area contributed by atoms with Crippen molar-refractivity contribution < 1.29 is 14.4 Å². The van der Waals surface area contributed by atoms with E-state index in [0.717, 1.165) is 0 Å².